The highest BCUT2D eigenvalue weighted by molar-refractivity contribution is 5.97. The van der Waals surface area contributed by atoms with Crippen molar-refractivity contribution in [3.05, 3.63) is 102 Å². The van der Waals surface area contributed by atoms with Crippen molar-refractivity contribution in [1.29, 1.82) is 0 Å². The van der Waals surface area contributed by atoms with Crippen LogP contribution >= 0.6 is 0 Å². The number of nitrogens with zero attached hydrogens (tertiary/aromatic N) is 6. The molecule has 0 unspecified atom stereocenters. The van der Waals surface area contributed by atoms with Crippen molar-refractivity contribution in [2.45, 2.75) is 26.1 Å². The van der Waals surface area contributed by atoms with Gasteiger partial charge in [-0.2, -0.15) is 0 Å². The second-order valence-electron chi connectivity index (χ2n) is 7.95. The maximum Gasteiger partial charge on any atom is 0.0544 e. The monoisotopic (exact) mass is 426 g/mol. The van der Waals surface area contributed by atoms with Crippen LogP contribution in [-0.2, 0) is 19.6 Å². The summed E-state index contributed by atoms with van der Waals surface area (Å²) in [5, 5.41) is 0. The van der Waals surface area contributed by atoms with Gasteiger partial charge in [0.15, 0.2) is 0 Å². The Morgan fingerprint density at radius 3 is 1.53 bits per heavy atom. The van der Waals surface area contributed by atoms with E-state index >= 15 is 0 Å². The Labute approximate surface area is 190 Å². The van der Waals surface area contributed by atoms with E-state index in [2.05, 4.69) is 55.1 Å². The minimum Gasteiger partial charge on any atom is -0.290 e. The van der Waals surface area contributed by atoms with Gasteiger partial charge < -0.3 is 0 Å². The van der Waals surface area contributed by atoms with Gasteiger partial charge in [0.25, 0.3) is 0 Å². The molecular formula is C26H30N6. The number of aromatic nitrogens is 3. The van der Waals surface area contributed by atoms with E-state index in [4.69, 9.17) is 4.99 Å². The van der Waals surface area contributed by atoms with Gasteiger partial charge >= 0.3 is 0 Å². The summed E-state index contributed by atoms with van der Waals surface area (Å²) in [6.45, 7) is 5.89. The summed E-state index contributed by atoms with van der Waals surface area (Å²) >= 11 is 0. The van der Waals surface area contributed by atoms with Crippen molar-refractivity contribution in [3.8, 4) is 0 Å². The van der Waals surface area contributed by atoms with Crippen LogP contribution in [0.3, 0.4) is 0 Å². The van der Waals surface area contributed by atoms with Crippen LogP contribution in [0.5, 0.6) is 0 Å². The Morgan fingerprint density at radius 2 is 1.12 bits per heavy atom. The molecule has 3 aromatic heterocycles. The van der Waals surface area contributed by atoms with E-state index in [9.17, 15) is 0 Å². The van der Waals surface area contributed by atoms with E-state index in [1.54, 1.807) is 0 Å². The first-order valence-corrected chi connectivity index (χ1v) is 11.2. The normalized spacial score (nSPS) is 13.5. The fourth-order valence-corrected chi connectivity index (χ4v) is 3.76. The smallest absolute Gasteiger partial charge is 0.0544 e. The first-order valence-electron chi connectivity index (χ1n) is 11.2. The Bertz CT molecular complexity index is 947. The topological polar surface area (TPSA) is 57.5 Å². The van der Waals surface area contributed by atoms with E-state index in [-0.39, 0.29) is 0 Å². The molecule has 0 aliphatic carbocycles. The van der Waals surface area contributed by atoms with Gasteiger partial charge in [0.1, 0.15) is 0 Å². The molecule has 0 saturated carbocycles. The molecular weight excluding hydrogens is 396 g/mol. The van der Waals surface area contributed by atoms with Gasteiger partial charge in [0.2, 0.25) is 0 Å². The zero-order valence-electron chi connectivity index (χ0n) is 18.4. The summed E-state index contributed by atoms with van der Waals surface area (Å²) in [7, 11) is 0. The zero-order chi connectivity index (χ0) is 21.8. The maximum atomic E-state index is 4.71. The molecule has 0 amide bonds. The molecule has 4 rings (SSSR count). The lowest BCUT2D eigenvalue weighted by atomic mass is 10.2. The third kappa shape index (κ3) is 7.18. The number of hydrogen-bond acceptors (Lipinski definition) is 6. The second-order valence-corrected chi connectivity index (χ2v) is 7.95. The number of rotatable bonds is 11. The molecule has 0 radical (unpaired) electrons. The number of hydrogen-bond donors (Lipinski definition) is 0. The predicted molar refractivity (Wildman–Crippen MR) is 128 cm³/mol. The molecule has 3 aromatic rings. The van der Waals surface area contributed by atoms with Gasteiger partial charge in [-0.1, -0.05) is 24.3 Å². The van der Waals surface area contributed by atoms with Gasteiger partial charge in [-0.05, 0) is 48.9 Å². The van der Waals surface area contributed by atoms with E-state index in [0.717, 1.165) is 75.0 Å². The highest BCUT2D eigenvalue weighted by Gasteiger charge is 2.14. The van der Waals surface area contributed by atoms with Crippen LogP contribution in [0.1, 0.15) is 23.5 Å². The fraction of sp³-hybridized carbons (Fsp3) is 0.308. The molecule has 32 heavy (non-hydrogen) atoms. The predicted octanol–water partition coefficient (Wildman–Crippen LogP) is 3.78. The molecule has 1 aliphatic heterocycles. The van der Waals surface area contributed by atoms with Crippen molar-refractivity contribution >= 4 is 5.71 Å². The van der Waals surface area contributed by atoms with Gasteiger partial charge in [-0.3, -0.25) is 29.7 Å². The van der Waals surface area contributed by atoms with Crippen LogP contribution in [0, 0.1) is 0 Å². The van der Waals surface area contributed by atoms with Crippen molar-refractivity contribution in [3.63, 3.8) is 0 Å². The molecule has 0 saturated heterocycles. The summed E-state index contributed by atoms with van der Waals surface area (Å²) in [5.41, 5.74) is 4.36. The SMILES string of the molecule is C1=CC(CN(CCN(Cc2ccccn2)Cc2ccccn2)Cc2ccccn2)=NCC1. The molecule has 0 atom stereocenters. The van der Waals surface area contributed by atoms with Gasteiger partial charge in [-0.25, -0.2) is 0 Å². The standard InChI is InChI=1S/C26H30N6/c1-5-13-27-23(9-1)19-31(20-24-10-2-6-14-28-24)17-18-32(21-25-11-3-7-15-29-25)22-26-12-4-8-16-30-26/h1-7,9-15H,8,16-22H2. The molecule has 0 N–H and O–H groups in total. The molecule has 0 aromatic carbocycles. The number of dihydropyridines is 1. The third-order valence-electron chi connectivity index (χ3n) is 5.37. The Morgan fingerprint density at radius 1 is 0.625 bits per heavy atom. The zero-order valence-corrected chi connectivity index (χ0v) is 18.4. The Hall–Kier alpha value is -3.22. The summed E-state index contributed by atoms with van der Waals surface area (Å²) in [5.74, 6) is 0. The number of aliphatic imine (C=N–C) groups is 1. The molecule has 0 bridgehead atoms. The molecule has 6 nitrogen and oxygen atoms in total. The minimum absolute atomic E-state index is 0.787. The van der Waals surface area contributed by atoms with Crippen molar-refractivity contribution in [2.75, 3.05) is 26.2 Å². The summed E-state index contributed by atoms with van der Waals surface area (Å²) < 4.78 is 0. The highest BCUT2D eigenvalue weighted by atomic mass is 15.2. The van der Waals surface area contributed by atoms with Gasteiger partial charge in [-0.15, -0.1) is 0 Å². The van der Waals surface area contributed by atoms with E-state index in [1.807, 2.05) is 55.0 Å². The van der Waals surface area contributed by atoms with Crippen LogP contribution in [0.25, 0.3) is 0 Å². The quantitative estimate of drug-likeness (QED) is 0.467. The maximum absolute atomic E-state index is 4.71. The molecule has 4 heterocycles. The average molecular weight is 427 g/mol. The van der Waals surface area contributed by atoms with E-state index in [0.29, 0.717) is 0 Å². The molecule has 6 heteroatoms. The summed E-state index contributed by atoms with van der Waals surface area (Å²) in [6, 6.07) is 18.3. The van der Waals surface area contributed by atoms with Crippen LogP contribution in [-0.4, -0.2) is 56.6 Å². The highest BCUT2D eigenvalue weighted by Crippen LogP contribution is 2.09. The van der Waals surface area contributed by atoms with Crippen molar-refractivity contribution in [2.24, 2.45) is 4.99 Å². The largest absolute Gasteiger partial charge is 0.290 e. The second kappa shape index (κ2) is 12.0. The molecule has 1 aliphatic rings. The van der Waals surface area contributed by atoms with Crippen LogP contribution < -0.4 is 0 Å². The molecule has 164 valence electrons. The lowest BCUT2D eigenvalue weighted by Crippen LogP contribution is -2.37. The summed E-state index contributed by atoms with van der Waals surface area (Å²) in [6.07, 6.45) is 11.0. The van der Waals surface area contributed by atoms with Crippen molar-refractivity contribution < 1.29 is 0 Å². The van der Waals surface area contributed by atoms with Crippen LogP contribution in [0.2, 0.25) is 0 Å². The average Bonchev–Trinajstić information content (AvgIpc) is 2.85. The third-order valence-corrected chi connectivity index (χ3v) is 5.37. The molecule has 0 fully saturated rings. The fourth-order valence-electron chi connectivity index (χ4n) is 3.76. The van der Waals surface area contributed by atoms with Crippen LogP contribution in [0.15, 0.2) is 90.3 Å². The minimum atomic E-state index is 0.787. The van der Waals surface area contributed by atoms with Gasteiger partial charge in [0.05, 0.1) is 17.1 Å². The van der Waals surface area contributed by atoms with Crippen LogP contribution in [0.4, 0.5) is 0 Å². The first-order chi connectivity index (χ1) is 15.8. The van der Waals surface area contributed by atoms with E-state index in [1.165, 1.54) is 0 Å². The van der Waals surface area contributed by atoms with Gasteiger partial charge in [0, 0.05) is 70.1 Å². The Kier molecular flexibility index (Phi) is 8.23. The van der Waals surface area contributed by atoms with Crippen molar-refractivity contribution in [1.82, 2.24) is 24.8 Å². The molecule has 0 spiro atoms. The van der Waals surface area contributed by atoms with E-state index < -0.39 is 0 Å². The lowest BCUT2D eigenvalue weighted by Gasteiger charge is -2.27. The summed E-state index contributed by atoms with van der Waals surface area (Å²) in [4.78, 5) is 23.2. The lowest BCUT2D eigenvalue weighted by molar-refractivity contribution is 0.197. The first kappa shape index (κ1) is 22.0. The number of pyridine rings is 3. The Balaban J connectivity index is 1.45.